The molecule has 0 atom stereocenters. The van der Waals surface area contributed by atoms with Gasteiger partial charge in [-0.25, -0.2) is 13.1 Å². The molecule has 0 aliphatic carbocycles. The van der Waals surface area contributed by atoms with Gasteiger partial charge in [-0.05, 0) is 46.6 Å². The maximum Gasteiger partial charge on any atom is 0.211 e. The molecule has 0 aromatic carbocycles. The van der Waals surface area contributed by atoms with Gasteiger partial charge in [-0.15, -0.1) is 0 Å². The summed E-state index contributed by atoms with van der Waals surface area (Å²) in [6, 6.07) is 0. The fourth-order valence-corrected chi connectivity index (χ4v) is 2.91. The summed E-state index contributed by atoms with van der Waals surface area (Å²) in [5.41, 5.74) is 0. The SMILES string of the molecule is CN(C)CCCN1CCCS(=O)(=O)NCC1. The van der Waals surface area contributed by atoms with Crippen LogP contribution >= 0.6 is 0 Å². The Labute approximate surface area is 98.8 Å². The van der Waals surface area contributed by atoms with Crippen LogP contribution in [0.2, 0.25) is 0 Å². The number of hydrogen-bond donors (Lipinski definition) is 1. The fraction of sp³-hybridized carbons (Fsp3) is 1.00. The van der Waals surface area contributed by atoms with Gasteiger partial charge in [-0.3, -0.25) is 0 Å². The molecule has 6 heteroatoms. The lowest BCUT2D eigenvalue weighted by atomic mass is 10.3. The van der Waals surface area contributed by atoms with Crippen LogP contribution in [0.1, 0.15) is 12.8 Å². The zero-order valence-electron chi connectivity index (χ0n) is 10.3. The van der Waals surface area contributed by atoms with E-state index in [0.717, 1.165) is 39.0 Å². The number of rotatable bonds is 4. The van der Waals surface area contributed by atoms with Gasteiger partial charge in [0, 0.05) is 13.1 Å². The van der Waals surface area contributed by atoms with Crippen LogP contribution in [0.15, 0.2) is 0 Å². The van der Waals surface area contributed by atoms with E-state index in [1.807, 2.05) is 0 Å². The minimum Gasteiger partial charge on any atom is -0.309 e. The Morgan fingerprint density at radius 2 is 2.06 bits per heavy atom. The molecule has 1 rings (SSSR count). The molecule has 1 aliphatic heterocycles. The zero-order valence-corrected chi connectivity index (χ0v) is 11.1. The third kappa shape index (κ3) is 5.79. The van der Waals surface area contributed by atoms with E-state index in [-0.39, 0.29) is 5.75 Å². The van der Waals surface area contributed by atoms with E-state index in [4.69, 9.17) is 0 Å². The number of hydrogen-bond acceptors (Lipinski definition) is 4. The molecule has 1 N–H and O–H groups in total. The molecule has 0 saturated carbocycles. The standard InChI is InChI=1S/C10H23N3O2S/c1-12(2)6-3-7-13-8-4-10-16(14,15)11-5-9-13/h11H,3-10H2,1-2H3. The number of nitrogens with zero attached hydrogens (tertiary/aromatic N) is 2. The maximum atomic E-state index is 11.3. The highest BCUT2D eigenvalue weighted by Crippen LogP contribution is 2.00. The summed E-state index contributed by atoms with van der Waals surface area (Å²) in [7, 11) is 1.16. The van der Waals surface area contributed by atoms with Gasteiger partial charge < -0.3 is 9.80 Å². The molecule has 0 aromatic heterocycles. The van der Waals surface area contributed by atoms with Crippen molar-refractivity contribution in [3.63, 3.8) is 0 Å². The van der Waals surface area contributed by atoms with Crippen molar-refractivity contribution < 1.29 is 8.42 Å². The second kappa shape index (κ2) is 6.54. The van der Waals surface area contributed by atoms with Crippen molar-refractivity contribution in [1.29, 1.82) is 0 Å². The van der Waals surface area contributed by atoms with Crippen LogP contribution in [0.3, 0.4) is 0 Å². The van der Waals surface area contributed by atoms with Gasteiger partial charge in [0.2, 0.25) is 10.0 Å². The van der Waals surface area contributed by atoms with Crippen LogP contribution in [-0.2, 0) is 10.0 Å². The number of nitrogens with one attached hydrogen (secondary N) is 1. The molecule has 1 heterocycles. The summed E-state index contributed by atoms with van der Waals surface area (Å²) < 4.78 is 25.2. The van der Waals surface area contributed by atoms with Gasteiger partial charge in [-0.1, -0.05) is 0 Å². The first-order chi connectivity index (χ1) is 7.49. The molecule has 1 aliphatic rings. The lowest BCUT2D eigenvalue weighted by Crippen LogP contribution is -2.41. The van der Waals surface area contributed by atoms with Crippen LogP contribution in [0.4, 0.5) is 0 Å². The Balaban J connectivity index is 2.24. The van der Waals surface area contributed by atoms with Crippen LogP contribution in [-0.4, -0.2) is 70.8 Å². The third-order valence-corrected chi connectivity index (χ3v) is 4.19. The van der Waals surface area contributed by atoms with Crippen molar-refractivity contribution >= 4 is 10.0 Å². The van der Waals surface area contributed by atoms with Crippen molar-refractivity contribution in [2.24, 2.45) is 0 Å². The second-order valence-corrected chi connectivity index (χ2v) is 6.49. The molecule has 5 nitrogen and oxygen atoms in total. The highest BCUT2D eigenvalue weighted by atomic mass is 32.2. The van der Waals surface area contributed by atoms with Crippen molar-refractivity contribution in [3.05, 3.63) is 0 Å². The molecule has 0 amide bonds. The van der Waals surface area contributed by atoms with E-state index in [0.29, 0.717) is 6.54 Å². The van der Waals surface area contributed by atoms with Gasteiger partial charge in [0.1, 0.15) is 0 Å². The lowest BCUT2D eigenvalue weighted by Gasteiger charge is -2.25. The smallest absolute Gasteiger partial charge is 0.211 e. The van der Waals surface area contributed by atoms with E-state index in [2.05, 4.69) is 28.6 Å². The molecule has 16 heavy (non-hydrogen) atoms. The molecule has 0 bridgehead atoms. The summed E-state index contributed by atoms with van der Waals surface area (Å²) in [5.74, 6) is 0.261. The van der Waals surface area contributed by atoms with Crippen molar-refractivity contribution in [2.45, 2.75) is 12.8 Å². The molecule has 0 unspecified atom stereocenters. The van der Waals surface area contributed by atoms with Gasteiger partial charge >= 0.3 is 0 Å². The Hall–Kier alpha value is -0.170. The van der Waals surface area contributed by atoms with Gasteiger partial charge in [0.15, 0.2) is 0 Å². The van der Waals surface area contributed by atoms with E-state index in [1.54, 1.807) is 0 Å². The highest BCUT2D eigenvalue weighted by molar-refractivity contribution is 7.89. The Bertz CT molecular complexity index is 274. The summed E-state index contributed by atoms with van der Waals surface area (Å²) >= 11 is 0. The molecular weight excluding hydrogens is 226 g/mol. The predicted molar refractivity (Wildman–Crippen MR) is 66.0 cm³/mol. The normalized spacial score (nSPS) is 22.9. The summed E-state index contributed by atoms with van der Waals surface area (Å²) in [4.78, 5) is 4.51. The molecule has 0 radical (unpaired) electrons. The molecule has 0 spiro atoms. The minimum absolute atomic E-state index is 0.261. The molecule has 1 saturated heterocycles. The van der Waals surface area contributed by atoms with Gasteiger partial charge in [0.05, 0.1) is 5.75 Å². The molecule has 1 fully saturated rings. The van der Waals surface area contributed by atoms with E-state index >= 15 is 0 Å². The lowest BCUT2D eigenvalue weighted by molar-refractivity contribution is 0.256. The molecule has 0 aromatic rings. The van der Waals surface area contributed by atoms with Crippen LogP contribution < -0.4 is 4.72 Å². The first-order valence-corrected chi connectivity index (χ1v) is 7.49. The minimum atomic E-state index is -2.98. The van der Waals surface area contributed by atoms with E-state index < -0.39 is 10.0 Å². The predicted octanol–water partition coefficient (Wildman–Crippen LogP) is -0.437. The molecular formula is C10H23N3O2S. The van der Waals surface area contributed by atoms with E-state index in [1.165, 1.54) is 0 Å². The second-order valence-electron chi connectivity index (χ2n) is 4.57. The van der Waals surface area contributed by atoms with Crippen molar-refractivity contribution in [1.82, 2.24) is 14.5 Å². The summed E-state index contributed by atoms with van der Waals surface area (Å²) in [5, 5.41) is 0. The summed E-state index contributed by atoms with van der Waals surface area (Å²) in [6.45, 7) is 4.41. The number of sulfonamides is 1. The van der Waals surface area contributed by atoms with Crippen molar-refractivity contribution in [3.8, 4) is 0 Å². The van der Waals surface area contributed by atoms with E-state index in [9.17, 15) is 8.42 Å². The summed E-state index contributed by atoms with van der Waals surface area (Å²) in [6.07, 6.45) is 1.87. The van der Waals surface area contributed by atoms with Crippen LogP contribution in [0, 0.1) is 0 Å². The quantitative estimate of drug-likeness (QED) is 0.734. The topological polar surface area (TPSA) is 52.7 Å². The van der Waals surface area contributed by atoms with Crippen molar-refractivity contribution in [2.75, 3.05) is 52.6 Å². The first-order valence-electron chi connectivity index (χ1n) is 5.84. The fourth-order valence-electron chi connectivity index (χ4n) is 1.86. The average molecular weight is 249 g/mol. The average Bonchev–Trinajstić information content (AvgIpc) is 2.13. The monoisotopic (exact) mass is 249 g/mol. The third-order valence-electron chi connectivity index (χ3n) is 2.72. The van der Waals surface area contributed by atoms with Crippen LogP contribution in [0.25, 0.3) is 0 Å². The zero-order chi connectivity index (χ0) is 12.0. The Morgan fingerprint density at radius 3 is 2.75 bits per heavy atom. The highest BCUT2D eigenvalue weighted by Gasteiger charge is 2.15. The van der Waals surface area contributed by atoms with Crippen LogP contribution in [0.5, 0.6) is 0 Å². The molecule has 96 valence electrons. The van der Waals surface area contributed by atoms with Gasteiger partial charge in [-0.2, -0.15) is 0 Å². The maximum absolute atomic E-state index is 11.3. The Kier molecular flexibility index (Phi) is 5.68. The van der Waals surface area contributed by atoms with Gasteiger partial charge in [0.25, 0.3) is 0 Å². The first kappa shape index (κ1) is 13.9. The largest absolute Gasteiger partial charge is 0.309 e. The Morgan fingerprint density at radius 1 is 1.31 bits per heavy atom.